The number of dihydropyridines is 1. The summed E-state index contributed by atoms with van der Waals surface area (Å²) in [4.78, 5) is 40.2. The number of likely N-dealkylation sites (tertiary alicyclic amines) is 1. The highest BCUT2D eigenvalue weighted by Crippen LogP contribution is 2.33. The van der Waals surface area contributed by atoms with Gasteiger partial charge in [0, 0.05) is 31.4 Å². The van der Waals surface area contributed by atoms with E-state index in [1.807, 2.05) is 19.1 Å². The molecule has 0 aliphatic carbocycles. The van der Waals surface area contributed by atoms with E-state index in [9.17, 15) is 14.9 Å². The molecule has 0 amide bonds. The van der Waals surface area contributed by atoms with Gasteiger partial charge in [0.2, 0.25) is 11.6 Å². The number of hydrogen-bond donors (Lipinski definition) is 1. The molecule has 0 saturated carbocycles. The van der Waals surface area contributed by atoms with Gasteiger partial charge in [0.1, 0.15) is 13.2 Å². The lowest BCUT2D eigenvalue weighted by Crippen LogP contribution is -2.33. The van der Waals surface area contributed by atoms with Crippen LogP contribution in [0.25, 0.3) is 0 Å². The van der Waals surface area contributed by atoms with E-state index in [1.165, 1.54) is 17.7 Å². The average Bonchev–Trinajstić information content (AvgIpc) is 3.40. The molecule has 1 fully saturated rings. The van der Waals surface area contributed by atoms with Crippen LogP contribution in [-0.4, -0.2) is 84.5 Å². The number of nitrogen functional groups attached to an aromatic ring is 1. The smallest absolute Gasteiger partial charge is 0.353 e. The van der Waals surface area contributed by atoms with E-state index in [1.54, 1.807) is 13.1 Å². The molecule has 3 heterocycles. The number of ether oxygens (including phenoxy) is 2. The minimum atomic E-state index is -0.641. The van der Waals surface area contributed by atoms with E-state index in [0.29, 0.717) is 6.42 Å². The predicted molar refractivity (Wildman–Crippen MR) is 147 cm³/mol. The first-order chi connectivity index (χ1) is 18.4. The zero-order chi connectivity index (χ0) is 27.3. The van der Waals surface area contributed by atoms with Crippen molar-refractivity contribution in [2.24, 2.45) is 4.99 Å². The largest absolute Gasteiger partial charge is 0.465 e. The molecule has 0 unspecified atom stereocenters. The van der Waals surface area contributed by atoms with Crippen molar-refractivity contribution in [3.8, 4) is 6.01 Å². The normalized spacial score (nSPS) is 16.1. The molecule has 1 saturated heterocycles. The molecule has 206 valence electrons. The number of nitrogens with two attached hydrogens (primary N) is 1. The highest BCUT2D eigenvalue weighted by molar-refractivity contribution is 5.80. The Morgan fingerprint density at radius 1 is 1.32 bits per heavy atom. The number of rotatable bonds is 14. The molecule has 12 nitrogen and oxygen atoms in total. The number of allylic oxidation sites excluding steroid dienone is 1. The summed E-state index contributed by atoms with van der Waals surface area (Å²) in [5, 5.41) is 11.9. The monoisotopic (exact) mass is 527 g/mol. The second-order valence-electron chi connectivity index (χ2n) is 8.99. The summed E-state index contributed by atoms with van der Waals surface area (Å²) in [6, 6.07) is -0.115. The average molecular weight is 528 g/mol. The third-order valence-electron chi connectivity index (χ3n) is 6.06. The number of aliphatic imine (C=N–C) groups is 1. The van der Waals surface area contributed by atoms with Gasteiger partial charge in [-0.05, 0) is 58.2 Å². The van der Waals surface area contributed by atoms with Gasteiger partial charge in [-0.2, -0.15) is 9.97 Å². The Hall–Kier alpha value is -3.80. The molecule has 2 aliphatic heterocycles. The van der Waals surface area contributed by atoms with Crippen LogP contribution < -0.4 is 15.4 Å². The summed E-state index contributed by atoms with van der Waals surface area (Å²) < 4.78 is 10.8. The summed E-state index contributed by atoms with van der Waals surface area (Å²) in [6.45, 7) is 7.73. The van der Waals surface area contributed by atoms with Gasteiger partial charge in [0.25, 0.3) is 0 Å². The first-order valence-electron chi connectivity index (χ1n) is 13.0. The number of aromatic nitrogens is 2. The first-order valence-corrected chi connectivity index (χ1v) is 13.0. The summed E-state index contributed by atoms with van der Waals surface area (Å²) in [6.07, 6.45) is 13.6. The summed E-state index contributed by atoms with van der Waals surface area (Å²) in [5.74, 6) is -0.952. The maximum Gasteiger partial charge on any atom is 0.353 e. The van der Waals surface area contributed by atoms with E-state index in [2.05, 4.69) is 32.0 Å². The number of hydrogen-bond acceptors (Lipinski definition) is 11. The fourth-order valence-corrected chi connectivity index (χ4v) is 4.33. The molecular formula is C26H37N7O5. The highest BCUT2D eigenvalue weighted by Gasteiger charge is 2.29. The lowest BCUT2D eigenvalue weighted by molar-refractivity contribution is -0.383. The van der Waals surface area contributed by atoms with Gasteiger partial charge in [0.15, 0.2) is 0 Å². The third kappa shape index (κ3) is 8.65. The molecule has 0 radical (unpaired) electrons. The maximum atomic E-state index is 12.4. The van der Waals surface area contributed by atoms with Crippen molar-refractivity contribution in [3.05, 3.63) is 45.6 Å². The molecule has 2 aliphatic rings. The van der Waals surface area contributed by atoms with Crippen LogP contribution in [0.4, 0.5) is 17.3 Å². The van der Waals surface area contributed by atoms with E-state index in [-0.39, 0.29) is 43.9 Å². The van der Waals surface area contributed by atoms with Gasteiger partial charge in [-0.15, -0.1) is 0 Å². The second kappa shape index (κ2) is 14.8. The van der Waals surface area contributed by atoms with Crippen molar-refractivity contribution in [3.63, 3.8) is 0 Å². The van der Waals surface area contributed by atoms with Crippen molar-refractivity contribution < 1.29 is 19.2 Å². The van der Waals surface area contributed by atoms with Gasteiger partial charge in [-0.3, -0.25) is 24.8 Å². The van der Waals surface area contributed by atoms with Crippen molar-refractivity contribution in [1.82, 2.24) is 14.9 Å². The van der Waals surface area contributed by atoms with Crippen LogP contribution in [0.15, 0.2) is 40.4 Å². The molecule has 1 aromatic rings. The number of esters is 1. The van der Waals surface area contributed by atoms with Crippen LogP contribution in [0.2, 0.25) is 0 Å². The van der Waals surface area contributed by atoms with Crippen molar-refractivity contribution in [2.45, 2.75) is 39.5 Å². The Balaban J connectivity index is 1.86. The summed E-state index contributed by atoms with van der Waals surface area (Å²) in [7, 11) is 0. The van der Waals surface area contributed by atoms with Crippen molar-refractivity contribution >= 4 is 29.5 Å². The lowest BCUT2D eigenvalue weighted by Gasteiger charge is -2.23. The number of carbonyl (C=O) groups excluding carboxylic acids is 1. The Kier molecular flexibility index (Phi) is 11.2. The molecule has 12 heteroatoms. The van der Waals surface area contributed by atoms with Crippen LogP contribution in [0.5, 0.6) is 6.01 Å². The number of nitrogens with zero attached hydrogens (tertiary/aromatic N) is 6. The number of anilines is 2. The molecule has 0 spiro atoms. The zero-order valence-corrected chi connectivity index (χ0v) is 22.2. The van der Waals surface area contributed by atoms with E-state index < -0.39 is 16.6 Å². The Labute approximate surface area is 223 Å². The number of carbonyl (C=O) groups is 1. The van der Waals surface area contributed by atoms with Crippen LogP contribution in [0.3, 0.4) is 0 Å². The van der Waals surface area contributed by atoms with Crippen molar-refractivity contribution in [2.75, 3.05) is 63.1 Å². The Bertz CT molecular complexity index is 1090. The number of nitro groups is 1. The highest BCUT2D eigenvalue weighted by atomic mass is 16.6. The van der Waals surface area contributed by atoms with Crippen LogP contribution >= 0.6 is 0 Å². The first kappa shape index (κ1) is 28.8. The topological polar surface area (TPSA) is 149 Å². The van der Waals surface area contributed by atoms with Gasteiger partial charge in [-0.1, -0.05) is 24.3 Å². The second-order valence-corrected chi connectivity index (χ2v) is 8.99. The van der Waals surface area contributed by atoms with Crippen LogP contribution in [0, 0.1) is 10.1 Å². The standard InChI is InChI=1S/C26H37N7O5/c1-3-9-20(17-31-13-5-6-14-31)11-8-15-32(18-22(34)37-4-2)25-23(33(35)36)24(27)29-26(30-25)38-19-21-10-7-12-28-16-21/h3,9-11,16H,4-8,12-15,17-19H2,1-2H3,(H2,27,29,30)/b9-3-,20-11+. The summed E-state index contributed by atoms with van der Waals surface area (Å²) >= 11 is 0. The third-order valence-corrected chi connectivity index (χ3v) is 6.06. The Morgan fingerprint density at radius 3 is 2.76 bits per heavy atom. The quantitative estimate of drug-likeness (QED) is 0.165. The van der Waals surface area contributed by atoms with Gasteiger partial charge >= 0.3 is 17.7 Å². The minimum absolute atomic E-state index is 0.0858. The van der Waals surface area contributed by atoms with Crippen LogP contribution in [-0.2, 0) is 9.53 Å². The van der Waals surface area contributed by atoms with Gasteiger partial charge in [-0.25, -0.2) is 0 Å². The fourth-order valence-electron chi connectivity index (χ4n) is 4.33. The lowest BCUT2D eigenvalue weighted by atomic mass is 10.1. The molecule has 3 rings (SSSR count). The predicted octanol–water partition coefficient (Wildman–Crippen LogP) is 3.10. The zero-order valence-electron chi connectivity index (χ0n) is 22.2. The van der Waals surface area contributed by atoms with Crippen LogP contribution in [0.1, 0.15) is 39.5 Å². The van der Waals surface area contributed by atoms with E-state index >= 15 is 0 Å². The maximum absolute atomic E-state index is 12.4. The molecule has 2 N–H and O–H groups in total. The molecule has 0 aromatic carbocycles. The molecule has 0 atom stereocenters. The molecular weight excluding hydrogens is 490 g/mol. The molecule has 1 aromatic heterocycles. The minimum Gasteiger partial charge on any atom is -0.465 e. The van der Waals surface area contributed by atoms with Crippen molar-refractivity contribution in [1.29, 1.82) is 0 Å². The van der Waals surface area contributed by atoms with Gasteiger partial charge in [0.05, 0.1) is 11.5 Å². The SMILES string of the molecule is C/C=C\C(=C/CCN(CC(=O)OCC)c1nc(OCC2=CCCN=C2)nc(N)c1[N+](=O)[O-])CN1CCCC1. The Morgan fingerprint density at radius 2 is 2.11 bits per heavy atom. The molecule has 0 bridgehead atoms. The fraction of sp³-hybridized carbons (Fsp3) is 0.538. The van der Waals surface area contributed by atoms with E-state index in [4.69, 9.17) is 15.2 Å². The van der Waals surface area contributed by atoms with Gasteiger partial charge < -0.3 is 20.1 Å². The summed E-state index contributed by atoms with van der Waals surface area (Å²) in [5.41, 5.74) is 7.50. The molecule has 38 heavy (non-hydrogen) atoms. The van der Waals surface area contributed by atoms with E-state index in [0.717, 1.165) is 43.7 Å².